The average molecular weight is 310 g/mol. The lowest BCUT2D eigenvalue weighted by Gasteiger charge is -2.08. The predicted octanol–water partition coefficient (Wildman–Crippen LogP) is 2.49. The van der Waals surface area contributed by atoms with E-state index in [0.29, 0.717) is 12.2 Å². The quantitative estimate of drug-likeness (QED) is 0.910. The van der Waals surface area contributed by atoms with Crippen LogP contribution in [0.2, 0.25) is 0 Å². The molecule has 0 unspecified atom stereocenters. The monoisotopic (exact) mass is 309 g/mol. The van der Waals surface area contributed by atoms with Crippen LogP contribution < -0.4 is 5.32 Å². The van der Waals surface area contributed by atoms with Crippen molar-refractivity contribution >= 4 is 27.6 Å². The first kappa shape index (κ1) is 12.6. The minimum Gasteiger partial charge on any atom is -0.478 e. The van der Waals surface area contributed by atoms with E-state index in [0.717, 1.165) is 10.2 Å². The summed E-state index contributed by atoms with van der Waals surface area (Å²) in [5.74, 6) is -0.964. The number of carbonyl (C=O) groups is 1. The first-order valence-corrected chi connectivity index (χ1v) is 6.11. The SMILES string of the molecule is Cn1ncc(C(=O)O)c1CNc1cccc(Br)c1. The van der Waals surface area contributed by atoms with Crippen molar-refractivity contribution in [2.75, 3.05) is 5.32 Å². The van der Waals surface area contributed by atoms with E-state index in [2.05, 4.69) is 26.3 Å². The van der Waals surface area contributed by atoms with Gasteiger partial charge >= 0.3 is 5.97 Å². The molecule has 0 spiro atoms. The second-order valence-corrected chi connectivity index (χ2v) is 4.71. The summed E-state index contributed by atoms with van der Waals surface area (Å²) in [6.07, 6.45) is 1.36. The predicted molar refractivity (Wildman–Crippen MR) is 71.6 cm³/mol. The molecule has 0 saturated carbocycles. The summed E-state index contributed by atoms with van der Waals surface area (Å²) in [5, 5.41) is 16.2. The molecule has 0 atom stereocenters. The first-order chi connectivity index (χ1) is 8.58. The molecule has 0 radical (unpaired) electrons. The van der Waals surface area contributed by atoms with Gasteiger partial charge in [-0.2, -0.15) is 5.10 Å². The number of nitrogens with zero attached hydrogens (tertiary/aromatic N) is 2. The van der Waals surface area contributed by atoms with Gasteiger partial charge in [0.1, 0.15) is 5.56 Å². The molecule has 0 fully saturated rings. The van der Waals surface area contributed by atoms with Crippen molar-refractivity contribution in [3.8, 4) is 0 Å². The summed E-state index contributed by atoms with van der Waals surface area (Å²) in [7, 11) is 1.73. The Morgan fingerprint density at radius 3 is 3.00 bits per heavy atom. The van der Waals surface area contributed by atoms with Gasteiger partial charge in [-0.15, -0.1) is 0 Å². The van der Waals surface area contributed by atoms with Crippen LogP contribution in [0.4, 0.5) is 5.69 Å². The van der Waals surface area contributed by atoms with Crippen molar-refractivity contribution in [2.24, 2.45) is 7.05 Å². The van der Waals surface area contributed by atoms with E-state index >= 15 is 0 Å². The molecule has 0 aliphatic rings. The summed E-state index contributed by atoms with van der Waals surface area (Å²) in [5.41, 5.74) is 1.78. The Bertz CT molecular complexity index is 580. The minimum atomic E-state index is -0.964. The number of aromatic nitrogens is 2. The van der Waals surface area contributed by atoms with E-state index in [1.807, 2.05) is 24.3 Å². The lowest BCUT2D eigenvalue weighted by molar-refractivity contribution is 0.0695. The smallest absolute Gasteiger partial charge is 0.339 e. The number of halogens is 1. The molecule has 18 heavy (non-hydrogen) atoms. The number of aryl methyl sites for hydroxylation is 1. The van der Waals surface area contributed by atoms with Crippen molar-refractivity contribution in [3.05, 3.63) is 46.2 Å². The zero-order chi connectivity index (χ0) is 13.1. The van der Waals surface area contributed by atoms with E-state index < -0.39 is 5.97 Å². The second kappa shape index (κ2) is 5.22. The van der Waals surface area contributed by atoms with E-state index in [1.165, 1.54) is 6.20 Å². The topological polar surface area (TPSA) is 67.2 Å². The Morgan fingerprint density at radius 1 is 1.56 bits per heavy atom. The maximum absolute atomic E-state index is 11.0. The van der Waals surface area contributed by atoms with Gasteiger partial charge in [-0.25, -0.2) is 4.79 Å². The highest BCUT2D eigenvalue weighted by atomic mass is 79.9. The molecule has 2 N–H and O–H groups in total. The lowest BCUT2D eigenvalue weighted by Crippen LogP contribution is -2.10. The van der Waals surface area contributed by atoms with E-state index in [1.54, 1.807) is 11.7 Å². The van der Waals surface area contributed by atoms with Gasteiger partial charge in [-0.05, 0) is 18.2 Å². The maximum Gasteiger partial charge on any atom is 0.339 e. The number of anilines is 1. The van der Waals surface area contributed by atoms with Gasteiger partial charge in [0, 0.05) is 17.2 Å². The summed E-state index contributed by atoms with van der Waals surface area (Å²) in [6, 6.07) is 7.68. The van der Waals surface area contributed by atoms with Crippen LogP contribution in [0.15, 0.2) is 34.9 Å². The Morgan fingerprint density at radius 2 is 2.33 bits per heavy atom. The zero-order valence-electron chi connectivity index (χ0n) is 9.72. The third kappa shape index (κ3) is 2.70. The molecule has 2 rings (SSSR count). The fourth-order valence-corrected chi connectivity index (χ4v) is 2.03. The number of carboxylic acids is 1. The van der Waals surface area contributed by atoms with Crippen LogP contribution in [0, 0.1) is 0 Å². The van der Waals surface area contributed by atoms with Crippen LogP contribution in [0.25, 0.3) is 0 Å². The largest absolute Gasteiger partial charge is 0.478 e. The summed E-state index contributed by atoms with van der Waals surface area (Å²) < 4.78 is 2.53. The molecule has 5 nitrogen and oxygen atoms in total. The first-order valence-electron chi connectivity index (χ1n) is 5.31. The molecular weight excluding hydrogens is 298 g/mol. The number of carboxylic acid groups (broad SMARTS) is 1. The van der Waals surface area contributed by atoms with Gasteiger partial charge in [-0.3, -0.25) is 4.68 Å². The van der Waals surface area contributed by atoms with Gasteiger partial charge in [0.25, 0.3) is 0 Å². The fraction of sp³-hybridized carbons (Fsp3) is 0.167. The molecule has 0 aliphatic carbocycles. The highest BCUT2D eigenvalue weighted by Crippen LogP contribution is 2.17. The van der Waals surface area contributed by atoms with E-state index in [4.69, 9.17) is 5.11 Å². The maximum atomic E-state index is 11.0. The molecule has 1 heterocycles. The average Bonchev–Trinajstić information content (AvgIpc) is 2.68. The van der Waals surface area contributed by atoms with Gasteiger partial charge in [0.05, 0.1) is 18.4 Å². The number of rotatable bonds is 4. The third-order valence-electron chi connectivity index (χ3n) is 2.58. The molecule has 94 valence electrons. The molecule has 0 amide bonds. The normalized spacial score (nSPS) is 10.3. The van der Waals surface area contributed by atoms with Crippen LogP contribution >= 0.6 is 15.9 Å². The Balaban J connectivity index is 2.15. The molecule has 0 aliphatic heterocycles. The van der Waals surface area contributed by atoms with Crippen molar-refractivity contribution < 1.29 is 9.90 Å². The number of hydrogen-bond donors (Lipinski definition) is 2. The zero-order valence-corrected chi connectivity index (χ0v) is 11.3. The molecular formula is C12H12BrN3O2. The lowest BCUT2D eigenvalue weighted by atomic mass is 10.2. The van der Waals surface area contributed by atoms with Crippen LogP contribution in [-0.4, -0.2) is 20.9 Å². The number of hydrogen-bond acceptors (Lipinski definition) is 3. The summed E-state index contributed by atoms with van der Waals surface area (Å²) in [4.78, 5) is 11.0. The number of aromatic carboxylic acids is 1. The third-order valence-corrected chi connectivity index (χ3v) is 3.07. The van der Waals surface area contributed by atoms with Crippen molar-refractivity contribution in [1.29, 1.82) is 0 Å². The highest BCUT2D eigenvalue weighted by Gasteiger charge is 2.14. The van der Waals surface area contributed by atoms with Gasteiger partial charge < -0.3 is 10.4 Å². The Kier molecular flexibility index (Phi) is 3.66. The molecule has 0 saturated heterocycles. The Labute approximate surface area is 113 Å². The van der Waals surface area contributed by atoms with Gasteiger partial charge in [0.15, 0.2) is 0 Å². The van der Waals surface area contributed by atoms with Crippen LogP contribution in [0.5, 0.6) is 0 Å². The molecule has 0 bridgehead atoms. The van der Waals surface area contributed by atoms with E-state index in [9.17, 15) is 4.79 Å². The Hall–Kier alpha value is -1.82. The number of nitrogens with one attached hydrogen (secondary N) is 1. The van der Waals surface area contributed by atoms with Crippen molar-refractivity contribution in [3.63, 3.8) is 0 Å². The summed E-state index contributed by atoms with van der Waals surface area (Å²) >= 11 is 3.38. The van der Waals surface area contributed by atoms with Crippen LogP contribution in [0.3, 0.4) is 0 Å². The summed E-state index contributed by atoms with van der Waals surface area (Å²) in [6.45, 7) is 0.411. The molecule has 1 aromatic heterocycles. The van der Waals surface area contributed by atoms with Crippen molar-refractivity contribution in [1.82, 2.24) is 9.78 Å². The standard InChI is InChI=1S/C12H12BrN3O2/c1-16-11(10(6-15-16)12(17)18)7-14-9-4-2-3-8(13)5-9/h2-6,14H,7H2,1H3,(H,17,18). The van der Waals surface area contributed by atoms with E-state index in [-0.39, 0.29) is 5.56 Å². The molecule has 1 aromatic carbocycles. The number of benzene rings is 1. The highest BCUT2D eigenvalue weighted by molar-refractivity contribution is 9.10. The van der Waals surface area contributed by atoms with Gasteiger partial charge in [0.2, 0.25) is 0 Å². The minimum absolute atomic E-state index is 0.222. The molecule has 2 aromatic rings. The van der Waals surface area contributed by atoms with Crippen LogP contribution in [-0.2, 0) is 13.6 Å². The van der Waals surface area contributed by atoms with Gasteiger partial charge in [-0.1, -0.05) is 22.0 Å². The van der Waals surface area contributed by atoms with Crippen molar-refractivity contribution in [2.45, 2.75) is 6.54 Å². The second-order valence-electron chi connectivity index (χ2n) is 3.80. The van der Waals surface area contributed by atoms with Crippen LogP contribution in [0.1, 0.15) is 16.1 Å². The molecule has 6 heteroatoms. The fourth-order valence-electron chi connectivity index (χ4n) is 1.64.